The average Bonchev–Trinajstić information content (AvgIpc) is 3.33. The van der Waals surface area contributed by atoms with Crippen molar-refractivity contribution < 1.29 is 4.74 Å². The van der Waals surface area contributed by atoms with Crippen LogP contribution in [0.1, 0.15) is 29.5 Å². The topological polar surface area (TPSA) is 9.23 Å². The van der Waals surface area contributed by atoms with Crippen molar-refractivity contribution in [2.24, 2.45) is 11.8 Å². The number of benzene rings is 3. The van der Waals surface area contributed by atoms with Crippen LogP contribution in [0.5, 0.6) is 0 Å². The van der Waals surface area contributed by atoms with Gasteiger partial charge in [0.1, 0.15) is 5.60 Å². The van der Waals surface area contributed by atoms with E-state index >= 15 is 0 Å². The van der Waals surface area contributed by atoms with Crippen molar-refractivity contribution >= 4 is 0 Å². The van der Waals surface area contributed by atoms with Gasteiger partial charge in [-0.2, -0.15) is 0 Å². The molecule has 0 N–H and O–H groups in total. The number of hydrogen-bond donors (Lipinski definition) is 0. The maximum absolute atomic E-state index is 7.18. The summed E-state index contributed by atoms with van der Waals surface area (Å²) in [6, 6.07) is 32.1. The molecule has 3 aromatic rings. The Balaban J connectivity index is 1.72. The van der Waals surface area contributed by atoms with Crippen molar-refractivity contribution in [2.45, 2.75) is 24.5 Å². The minimum Gasteiger partial charge on any atom is -0.356 e. The summed E-state index contributed by atoms with van der Waals surface area (Å²) in [6.45, 7) is 0. The molecule has 0 radical (unpaired) electrons. The summed E-state index contributed by atoms with van der Waals surface area (Å²) in [6.07, 6.45) is 7.45. The average molecular weight is 352 g/mol. The zero-order chi connectivity index (χ0) is 18.1. The SMILES string of the molecule is C1=C[C@H]2CC[C@@H]1C2OC(c1ccccc1)(c1ccccc1)c1ccccc1. The lowest BCUT2D eigenvalue weighted by molar-refractivity contribution is -0.0643. The summed E-state index contributed by atoms with van der Waals surface area (Å²) < 4.78 is 7.18. The third-order valence-corrected chi connectivity index (χ3v) is 6.14. The molecular formula is C26H24O. The van der Waals surface area contributed by atoms with Gasteiger partial charge in [-0.3, -0.25) is 0 Å². The van der Waals surface area contributed by atoms with Gasteiger partial charge in [0.2, 0.25) is 0 Å². The third-order valence-electron chi connectivity index (χ3n) is 6.14. The summed E-state index contributed by atoms with van der Waals surface area (Å²) in [5.74, 6) is 1.07. The molecule has 0 spiro atoms. The highest BCUT2D eigenvalue weighted by Gasteiger charge is 2.46. The summed E-state index contributed by atoms with van der Waals surface area (Å²) in [5.41, 5.74) is 2.97. The van der Waals surface area contributed by atoms with Gasteiger partial charge >= 0.3 is 0 Å². The van der Waals surface area contributed by atoms with Crippen LogP contribution in [0.3, 0.4) is 0 Å². The fraction of sp³-hybridized carbons (Fsp3) is 0.231. The second-order valence-electron chi connectivity index (χ2n) is 7.65. The molecular weight excluding hydrogens is 328 g/mol. The number of hydrogen-bond acceptors (Lipinski definition) is 1. The molecule has 2 aliphatic rings. The van der Waals surface area contributed by atoms with Crippen LogP contribution < -0.4 is 0 Å². The fourth-order valence-corrected chi connectivity index (χ4v) is 4.83. The third kappa shape index (κ3) is 2.74. The molecule has 1 saturated carbocycles. The van der Waals surface area contributed by atoms with Gasteiger partial charge in [0.15, 0.2) is 0 Å². The fourth-order valence-electron chi connectivity index (χ4n) is 4.83. The van der Waals surface area contributed by atoms with Crippen LogP contribution in [0.4, 0.5) is 0 Å². The van der Waals surface area contributed by atoms with E-state index in [-0.39, 0.29) is 6.10 Å². The standard InChI is InChI=1S/C26H24O/c1-4-10-22(11-5-1)26(23-12-6-2-7-13-23,24-14-8-3-9-15-24)27-25-20-16-17-21(25)19-18-20/h1-17,20-21,25H,18-19H2/t20-,21+,25?. The Morgan fingerprint density at radius 1 is 0.556 bits per heavy atom. The zero-order valence-electron chi connectivity index (χ0n) is 15.4. The van der Waals surface area contributed by atoms with Gasteiger partial charge in [-0.15, -0.1) is 0 Å². The number of fused-ring (bicyclic) bond motifs is 2. The summed E-state index contributed by atoms with van der Waals surface area (Å²) >= 11 is 0. The summed E-state index contributed by atoms with van der Waals surface area (Å²) in [4.78, 5) is 0. The first-order chi connectivity index (χ1) is 13.4. The van der Waals surface area contributed by atoms with Crippen LogP contribution >= 0.6 is 0 Å². The Labute approximate surface area is 161 Å². The van der Waals surface area contributed by atoms with Gasteiger partial charge in [0.05, 0.1) is 6.10 Å². The van der Waals surface area contributed by atoms with Crippen molar-refractivity contribution in [2.75, 3.05) is 0 Å². The number of ether oxygens (including phenoxy) is 1. The first-order valence-electron chi connectivity index (χ1n) is 9.91. The van der Waals surface area contributed by atoms with Gasteiger partial charge in [-0.05, 0) is 29.5 Å². The molecule has 2 aliphatic carbocycles. The van der Waals surface area contributed by atoms with Crippen molar-refractivity contribution in [3.05, 3.63) is 120 Å². The largest absolute Gasteiger partial charge is 0.356 e. The minimum absolute atomic E-state index is 0.241. The summed E-state index contributed by atoms with van der Waals surface area (Å²) in [7, 11) is 0. The van der Waals surface area contributed by atoms with E-state index in [4.69, 9.17) is 4.74 Å². The second-order valence-corrected chi connectivity index (χ2v) is 7.65. The van der Waals surface area contributed by atoms with Gasteiger partial charge < -0.3 is 4.74 Å². The van der Waals surface area contributed by atoms with E-state index < -0.39 is 5.60 Å². The lowest BCUT2D eigenvalue weighted by Gasteiger charge is -2.39. The second kappa shape index (κ2) is 6.83. The first-order valence-corrected chi connectivity index (χ1v) is 9.91. The minimum atomic E-state index is -0.596. The van der Waals surface area contributed by atoms with Crippen LogP contribution in [0.2, 0.25) is 0 Å². The molecule has 0 heterocycles. The van der Waals surface area contributed by atoms with Crippen LogP contribution in [0.25, 0.3) is 0 Å². The Kier molecular flexibility index (Phi) is 4.18. The van der Waals surface area contributed by atoms with Crippen molar-refractivity contribution in [3.8, 4) is 0 Å². The van der Waals surface area contributed by atoms with E-state index in [1.807, 2.05) is 0 Å². The van der Waals surface area contributed by atoms with Crippen molar-refractivity contribution in [3.63, 3.8) is 0 Å². The van der Waals surface area contributed by atoms with E-state index in [1.54, 1.807) is 0 Å². The molecule has 1 heteroatoms. The van der Waals surface area contributed by atoms with Crippen LogP contribution in [-0.4, -0.2) is 6.10 Å². The van der Waals surface area contributed by atoms with E-state index in [9.17, 15) is 0 Å². The van der Waals surface area contributed by atoms with Gasteiger partial charge in [0.25, 0.3) is 0 Å². The molecule has 27 heavy (non-hydrogen) atoms. The van der Waals surface area contributed by atoms with E-state index in [2.05, 4.69) is 103 Å². The molecule has 3 aromatic carbocycles. The van der Waals surface area contributed by atoms with Crippen LogP contribution in [-0.2, 0) is 10.3 Å². The zero-order valence-corrected chi connectivity index (χ0v) is 15.4. The Morgan fingerprint density at radius 3 is 1.26 bits per heavy atom. The first kappa shape index (κ1) is 16.5. The molecule has 0 aromatic heterocycles. The molecule has 1 fully saturated rings. The Hall–Kier alpha value is -2.64. The van der Waals surface area contributed by atoms with Crippen LogP contribution in [0.15, 0.2) is 103 Å². The highest BCUT2D eigenvalue weighted by molar-refractivity contribution is 5.47. The molecule has 134 valence electrons. The highest BCUT2D eigenvalue weighted by Crippen LogP contribution is 2.48. The molecule has 0 aliphatic heterocycles. The molecule has 0 saturated heterocycles. The number of rotatable bonds is 5. The molecule has 0 amide bonds. The van der Waals surface area contributed by atoms with E-state index in [0.29, 0.717) is 11.8 Å². The van der Waals surface area contributed by atoms with Gasteiger partial charge in [-0.25, -0.2) is 0 Å². The molecule has 3 atom stereocenters. The smallest absolute Gasteiger partial charge is 0.144 e. The van der Waals surface area contributed by atoms with Gasteiger partial charge in [0, 0.05) is 11.8 Å². The van der Waals surface area contributed by atoms with Crippen LogP contribution in [0, 0.1) is 11.8 Å². The monoisotopic (exact) mass is 352 g/mol. The quantitative estimate of drug-likeness (QED) is 0.407. The predicted octanol–water partition coefficient (Wildman–Crippen LogP) is 5.96. The van der Waals surface area contributed by atoms with Gasteiger partial charge in [-0.1, -0.05) is 103 Å². The molecule has 1 unspecified atom stereocenters. The Bertz CT molecular complexity index is 804. The normalized spacial score (nSPS) is 23.6. The van der Waals surface area contributed by atoms with E-state index in [0.717, 1.165) is 0 Å². The summed E-state index contributed by atoms with van der Waals surface area (Å²) in [5, 5.41) is 0. The lowest BCUT2D eigenvalue weighted by Crippen LogP contribution is -2.38. The predicted molar refractivity (Wildman–Crippen MR) is 109 cm³/mol. The molecule has 2 bridgehead atoms. The lowest BCUT2D eigenvalue weighted by atomic mass is 9.79. The molecule has 1 nitrogen and oxygen atoms in total. The highest BCUT2D eigenvalue weighted by atomic mass is 16.5. The van der Waals surface area contributed by atoms with E-state index in [1.165, 1.54) is 29.5 Å². The van der Waals surface area contributed by atoms with Crippen molar-refractivity contribution in [1.82, 2.24) is 0 Å². The van der Waals surface area contributed by atoms with Crippen molar-refractivity contribution in [1.29, 1.82) is 0 Å². The Morgan fingerprint density at radius 2 is 0.926 bits per heavy atom. The maximum Gasteiger partial charge on any atom is 0.144 e. The maximum atomic E-state index is 7.18. The molecule has 5 rings (SSSR count).